The molecule has 0 aliphatic rings. The van der Waals surface area contributed by atoms with E-state index in [2.05, 4.69) is 5.32 Å². The minimum atomic E-state index is -3.84. The Bertz CT molecular complexity index is 1090. The zero-order valence-corrected chi connectivity index (χ0v) is 19.3. The lowest BCUT2D eigenvalue weighted by atomic mass is 10.1. The monoisotopic (exact) mass is 465 g/mol. The van der Waals surface area contributed by atoms with Crippen LogP contribution in [0.2, 0.25) is 0 Å². The van der Waals surface area contributed by atoms with Gasteiger partial charge in [-0.25, -0.2) is 8.42 Å². The van der Waals surface area contributed by atoms with Gasteiger partial charge in [0.05, 0.1) is 31.1 Å². The first-order valence-corrected chi connectivity index (χ1v) is 11.6. The number of carbonyl (C=O) groups excluding carboxylic acids is 1. The van der Waals surface area contributed by atoms with Gasteiger partial charge >= 0.3 is 0 Å². The van der Waals surface area contributed by atoms with Gasteiger partial charge in [0.2, 0.25) is 15.9 Å². The van der Waals surface area contributed by atoms with Crippen LogP contribution in [0.1, 0.15) is 17.5 Å². The fourth-order valence-corrected chi connectivity index (χ4v) is 4.01. The number of aryl methyl sites for hydroxylation is 2. The topological polar surface area (TPSA) is 128 Å². The molecule has 0 fully saturated rings. The number of nitro groups is 1. The zero-order chi connectivity index (χ0) is 23.9. The number of amides is 1. The van der Waals surface area contributed by atoms with E-state index in [9.17, 15) is 23.3 Å². The molecular formula is C21H27N3O7S. The number of anilines is 1. The third-order valence-electron chi connectivity index (χ3n) is 4.77. The van der Waals surface area contributed by atoms with E-state index in [0.717, 1.165) is 22.2 Å². The van der Waals surface area contributed by atoms with Crippen LogP contribution in [0.4, 0.5) is 11.4 Å². The summed E-state index contributed by atoms with van der Waals surface area (Å²) in [5, 5.41) is 13.8. The van der Waals surface area contributed by atoms with Crippen LogP contribution in [0, 0.1) is 17.0 Å². The summed E-state index contributed by atoms with van der Waals surface area (Å²) in [6.07, 6.45) is 2.24. The molecule has 2 aromatic rings. The van der Waals surface area contributed by atoms with E-state index in [-0.39, 0.29) is 11.4 Å². The highest BCUT2D eigenvalue weighted by molar-refractivity contribution is 7.92. The standard InChI is InChI=1S/C21H27N3O7S/c1-15-7-9-17(24(26)27)13-18(15)23(32(4,28)29)14-21(25)22-11-5-6-16-8-10-19(30-2)20(12-16)31-3/h7-10,12-13H,5-6,11,14H2,1-4H3,(H,22,25). The number of carbonyl (C=O) groups is 1. The van der Waals surface area contributed by atoms with Gasteiger partial charge in [-0.1, -0.05) is 12.1 Å². The van der Waals surface area contributed by atoms with Crippen LogP contribution in [0.5, 0.6) is 11.5 Å². The zero-order valence-electron chi connectivity index (χ0n) is 18.5. The first-order chi connectivity index (χ1) is 15.1. The maximum Gasteiger partial charge on any atom is 0.271 e. The van der Waals surface area contributed by atoms with Crippen LogP contribution in [0.15, 0.2) is 36.4 Å². The van der Waals surface area contributed by atoms with Crippen molar-refractivity contribution in [3.63, 3.8) is 0 Å². The molecular weight excluding hydrogens is 438 g/mol. The Labute approximate surface area is 187 Å². The number of hydrogen-bond donors (Lipinski definition) is 1. The molecule has 0 saturated carbocycles. The van der Waals surface area contributed by atoms with E-state index in [1.165, 1.54) is 12.1 Å². The lowest BCUT2D eigenvalue weighted by Gasteiger charge is -2.23. The highest BCUT2D eigenvalue weighted by Crippen LogP contribution is 2.28. The Morgan fingerprint density at radius 2 is 1.81 bits per heavy atom. The van der Waals surface area contributed by atoms with Gasteiger partial charge in [-0.3, -0.25) is 19.2 Å². The first kappa shape index (κ1) is 24.9. The molecule has 10 nitrogen and oxygen atoms in total. The van der Waals surface area contributed by atoms with Crippen molar-refractivity contribution in [3.05, 3.63) is 57.6 Å². The van der Waals surface area contributed by atoms with Crippen molar-refractivity contribution in [3.8, 4) is 11.5 Å². The predicted octanol–water partition coefficient (Wildman–Crippen LogP) is 2.44. The molecule has 0 aliphatic heterocycles. The predicted molar refractivity (Wildman–Crippen MR) is 121 cm³/mol. The van der Waals surface area contributed by atoms with Gasteiger partial charge in [0, 0.05) is 18.7 Å². The van der Waals surface area contributed by atoms with Crippen LogP contribution in [-0.2, 0) is 21.2 Å². The number of nitrogens with one attached hydrogen (secondary N) is 1. The minimum absolute atomic E-state index is 0.0992. The van der Waals surface area contributed by atoms with Crippen molar-refractivity contribution in [1.29, 1.82) is 0 Å². The molecule has 11 heteroatoms. The highest BCUT2D eigenvalue weighted by atomic mass is 32.2. The first-order valence-electron chi connectivity index (χ1n) is 9.77. The van der Waals surface area contributed by atoms with Crippen LogP contribution in [-0.4, -0.2) is 52.8 Å². The Hall–Kier alpha value is -3.34. The number of benzene rings is 2. The lowest BCUT2D eigenvalue weighted by molar-refractivity contribution is -0.384. The molecule has 2 rings (SSSR count). The van der Waals surface area contributed by atoms with Crippen LogP contribution in [0.25, 0.3) is 0 Å². The number of hydrogen-bond acceptors (Lipinski definition) is 7. The summed E-state index contributed by atoms with van der Waals surface area (Å²) in [5.74, 6) is 0.737. The minimum Gasteiger partial charge on any atom is -0.493 e. The summed E-state index contributed by atoms with van der Waals surface area (Å²) in [4.78, 5) is 22.9. The molecule has 0 aromatic heterocycles. The van der Waals surface area contributed by atoms with E-state index < -0.39 is 27.4 Å². The third kappa shape index (κ3) is 6.58. The van der Waals surface area contributed by atoms with Crippen molar-refractivity contribution in [1.82, 2.24) is 5.32 Å². The SMILES string of the molecule is COc1ccc(CCCNC(=O)CN(c2cc([N+](=O)[O-])ccc2C)S(C)(=O)=O)cc1OC. The summed E-state index contributed by atoms with van der Waals surface area (Å²) in [6.45, 7) is 1.48. The van der Waals surface area contributed by atoms with Crippen molar-refractivity contribution >= 4 is 27.3 Å². The van der Waals surface area contributed by atoms with Crippen molar-refractivity contribution in [2.75, 3.05) is 37.9 Å². The second kappa shape index (κ2) is 10.8. The molecule has 0 saturated heterocycles. The molecule has 2 aromatic carbocycles. The van der Waals surface area contributed by atoms with Gasteiger partial charge in [-0.05, 0) is 43.0 Å². The normalized spacial score (nSPS) is 11.0. The quantitative estimate of drug-likeness (QED) is 0.307. The molecule has 0 atom stereocenters. The number of rotatable bonds is 11. The fourth-order valence-electron chi connectivity index (χ4n) is 3.10. The average molecular weight is 466 g/mol. The second-order valence-electron chi connectivity index (χ2n) is 7.14. The largest absolute Gasteiger partial charge is 0.493 e. The molecule has 0 heterocycles. The highest BCUT2D eigenvalue weighted by Gasteiger charge is 2.24. The number of ether oxygens (including phenoxy) is 2. The van der Waals surface area contributed by atoms with E-state index in [1.807, 2.05) is 12.1 Å². The molecule has 0 radical (unpaired) electrons. The molecule has 174 valence electrons. The van der Waals surface area contributed by atoms with Gasteiger partial charge < -0.3 is 14.8 Å². The van der Waals surface area contributed by atoms with Crippen LogP contribution in [0.3, 0.4) is 0 Å². The fraction of sp³-hybridized carbons (Fsp3) is 0.381. The number of nitro benzene ring substituents is 1. The number of methoxy groups -OCH3 is 2. The molecule has 0 aliphatic carbocycles. The molecule has 0 spiro atoms. The van der Waals surface area contributed by atoms with Crippen molar-refractivity contribution in [2.45, 2.75) is 19.8 Å². The molecule has 1 N–H and O–H groups in total. The lowest BCUT2D eigenvalue weighted by Crippen LogP contribution is -2.41. The second-order valence-corrected chi connectivity index (χ2v) is 9.05. The van der Waals surface area contributed by atoms with Crippen molar-refractivity contribution < 1.29 is 27.6 Å². The Morgan fingerprint density at radius 3 is 2.41 bits per heavy atom. The molecule has 32 heavy (non-hydrogen) atoms. The Kier molecular flexibility index (Phi) is 8.41. The van der Waals surface area contributed by atoms with E-state index in [4.69, 9.17) is 9.47 Å². The summed E-state index contributed by atoms with van der Waals surface area (Å²) < 4.78 is 35.9. The summed E-state index contributed by atoms with van der Waals surface area (Å²) >= 11 is 0. The summed E-state index contributed by atoms with van der Waals surface area (Å²) in [5.41, 5.74) is 1.35. The van der Waals surface area contributed by atoms with Crippen LogP contribution < -0.4 is 19.1 Å². The maximum absolute atomic E-state index is 12.4. The van der Waals surface area contributed by atoms with Gasteiger partial charge in [0.1, 0.15) is 6.54 Å². The number of nitrogens with zero attached hydrogens (tertiary/aromatic N) is 2. The van der Waals surface area contributed by atoms with Gasteiger partial charge in [0.15, 0.2) is 11.5 Å². The smallest absolute Gasteiger partial charge is 0.271 e. The van der Waals surface area contributed by atoms with Gasteiger partial charge in [-0.2, -0.15) is 0 Å². The van der Waals surface area contributed by atoms with Crippen molar-refractivity contribution in [2.24, 2.45) is 0 Å². The maximum atomic E-state index is 12.4. The molecule has 1 amide bonds. The number of sulfonamides is 1. The molecule has 0 bridgehead atoms. The van der Waals surface area contributed by atoms with E-state index in [1.54, 1.807) is 27.2 Å². The van der Waals surface area contributed by atoms with Crippen LogP contribution >= 0.6 is 0 Å². The third-order valence-corrected chi connectivity index (χ3v) is 5.90. The van der Waals surface area contributed by atoms with E-state index in [0.29, 0.717) is 36.4 Å². The molecule has 0 unspecified atom stereocenters. The van der Waals surface area contributed by atoms with Gasteiger partial charge in [-0.15, -0.1) is 0 Å². The van der Waals surface area contributed by atoms with E-state index >= 15 is 0 Å². The van der Waals surface area contributed by atoms with Gasteiger partial charge in [0.25, 0.3) is 5.69 Å². The summed E-state index contributed by atoms with van der Waals surface area (Å²) in [7, 11) is -0.730. The Morgan fingerprint density at radius 1 is 1.12 bits per heavy atom. The average Bonchev–Trinajstić information content (AvgIpc) is 2.74. The number of non-ortho nitro benzene ring substituents is 1. The Balaban J connectivity index is 2.01. The summed E-state index contributed by atoms with van der Waals surface area (Å²) in [6, 6.07) is 9.45.